The molecule has 1 aliphatic rings. The van der Waals surface area contributed by atoms with Crippen molar-refractivity contribution in [3.63, 3.8) is 0 Å². The maximum Gasteiger partial charge on any atom is 0.254 e. The van der Waals surface area contributed by atoms with Crippen molar-refractivity contribution in [2.24, 2.45) is 0 Å². The molecule has 23 heavy (non-hydrogen) atoms. The van der Waals surface area contributed by atoms with Gasteiger partial charge in [0.25, 0.3) is 5.91 Å². The third kappa shape index (κ3) is 3.48. The number of benzene rings is 1. The number of aromatic nitrogens is 2. The maximum atomic E-state index is 12.6. The number of amides is 1. The third-order valence-corrected chi connectivity index (χ3v) is 3.86. The van der Waals surface area contributed by atoms with Gasteiger partial charge in [0.1, 0.15) is 0 Å². The van der Waals surface area contributed by atoms with E-state index in [1.807, 2.05) is 42.2 Å². The van der Waals surface area contributed by atoms with Gasteiger partial charge in [0.15, 0.2) is 0 Å². The number of ether oxygens (including phenoxy) is 1. The number of nitrogens with two attached hydrogens (primary N) is 1. The van der Waals surface area contributed by atoms with Crippen molar-refractivity contribution in [2.75, 3.05) is 32.0 Å². The second-order valence-electron chi connectivity index (χ2n) is 5.44. The number of morpholine rings is 1. The molecule has 0 bridgehead atoms. The summed E-state index contributed by atoms with van der Waals surface area (Å²) < 4.78 is 5.29. The fraction of sp³-hybridized carbons (Fsp3) is 0.353. The van der Waals surface area contributed by atoms with Gasteiger partial charge in [0, 0.05) is 29.9 Å². The monoisotopic (exact) mass is 312 g/mol. The van der Waals surface area contributed by atoms with Gasteiger partial charge in [-0.2, -0.15) is 0 Å². The Morgan fingerprint density at radius 3 is 2.78 bits per heavy atom. The molecule has 0 saturated carbocycles. The molecule has 1 aromatic carbocycles. The fourth-order valence-electron chi connectivity index (χ4n) is 2.61. The van der Waals surface area contributed by atoms with Gasteiger partial charge < -0.3 is 15.4 Å². The summed E-state index contributed by atoms with van der Waals surface area (Å²) in [5.74, 6) is 0.275. The molecule has 6 nitrogen and oxygen atoms in total. The van der Waals surface area contributed by atoms with Crippen LogP contribution in [0, 0.1) is 0 Å². The minimum absolute atomic E-state index is 0.0212. The summed E-state index contributed by atoms with van der Waals surface area (Å²) in [6.07, 6.45) is 0.784. The number of anilines is 1. The highest BCUT2D eigenvalue weighted by Crippen LogP contribution is 2.21. The molecular formula is C17H20N4O2. The molecule has 1 aromatic heterocycles. The molecule has 2 N–H and O–H groups in total. The Bertz CT molecular complexity index is 711. The highest BCUT2D eigenvalue weighted by Gasteiger charge is 2.19. The van der Waals surface area contributed by atoms with E-state index in [2.05, 4.69) is 9.97 Å². The Kier molecular flexibility index (Phi) is 4.52. The first kappa shape index (κ1) is 15.4. The van der Waals surface area contributed by atoms with Crippen LogP contribution in [0.3, 0.4) is 0 Å². The topological polar surface area (TPSA) is 81.3 Å². The molecule has 2 aromatic rings. The van der Waals surface area contributed by atoms with Gasteiger partial charge in [-0.3, -0.25) is 4.79 Å². The van der Waals surface area contributed by atoms with E-state index >= 15 is 0 Å². The SMILES string of the molecule is CCc1cc(-c2cccc(C(=O)N3CCOCC3)c2)nc(N)n1. The molecule has 1 amide bonds. The largest absolute Gasteiger partial charge is 0.378 e. The highest BCUT2D eigenvalue weighted by atomic mass is 16.5. The van der Waals surface area contributed by atoms with Crippen molar-refractivity contribution in [1.82, 2.24) is 14.9 Å². The van der Waals surface area contributed by atoms with Crippen molar-refractivity contribution < 1.29 is 9.53 Å². The van der Waals surface area contributed by atoms with E-state index in [4.69, 9.17) is 10.5 Å². The Balaban J connectivity index is 1.90. The van der Waals surface area contributed by atoms with E-state index < -0.39 is 0 Å². The lowest BCUT2D eigenvalue weighted by Gasteiger charge is -2.27. The van der Waals surface area contributed by atoms with Crippen LogP contribution in [0.25, 0.3) is 11.3 Å². The Morgan fingerprint density at radius 1 is 1.26 bits per heavy atom. The molecule has 0 atom stereocenters. The van der Waals surface area contributed by atoms with Crippen molar-refractivity contribution in [2.45, 2.75) is 13.3 Å². The third-order valence-electron chi connectivity index (χ3n) is 3.86. The van der Waals surface area contributed by atoms with Crippen molar-refractivity contribution in [1.29, 1.82) is 0 Å². The van der Waals surface area contributed by atoms with E-state index in [-0.39, 0.29) is 11.9 Å². The smallest absolute Gasteiger partial charge is 0.254 e. The number of hydrogen-bond acceptors (Lipinski definition) is 5. The van der Waals surface area contributed by atoms with Crippen LogP contribution in [0.4, 0.5) is 5.95 Å². The summed E-state index contributed by atoms with van der Waals surface area (Å²) >= 11 is 0. The van der Waals surface area contributed by atoms with E-state index in [9.17, 15) is 4.79 Å². The van der Waals surface area contributed by atoms with Crippen LogP contribution >= 0.6 is 0 Å². The van der Waals surface area contributed by atoms with Gasteiger partial charge >= 0.3 is 0 Å². The van der Waals surface area contributed by atoms with Gasteiger partial charge in [0.2, 0.25) is 5.95 Å². The van der Waals surface area contributed by atoms with E-state index in [1.54, 1.807) is 0 Å². The van der Waals surface area contributed by atoms with E-state index in [0.29, 0.717) is 31.9 Å². The molecule has 120 valence electrons. The molecule has 3 rings (SSSR count). The number of carbonyl (C=O) groups is 1. The van der Waals surface area contributed by atoms with Crippen molar-refractivity contribution in [3.05, 3.63) is 41.6 Å². The molecule has 1 fully saturated rings. The maximum absolute atomic E-state index is 12.6. The van der Waals surface area contributed by atoms with Crippen LogP contribution in [-0.2, 0) is 11.2 Å². The number of rotatable bonds is 3. The predicted octanol–water partition coefficient (Wildman–Crippen LogP) is 1.76. The lowest BCUT2D eigenvalue weighted by molar-refractivity contribution is 0.0303. The lowest BCUT2D eigenvalue weighted by atomic mass is 10.1. The molecule has 0 aliphatic carbocycles. The predicted molar refractivity (Wildman–Crippen MR) is 88.0 cm³/mol. The minimum atomic E-state index is 0.0212. The normalized spacial score (nSPS) is 14.7. The first-order valence-corrected chi connectivity index (χ1v) is 7.78. The number of carbonyl (C=O) groups excluding carboxylic acids is 1. The van der Waals surface area contributed by atoms with Gasteiger partial charge in [-0.15, -0.1) is 0 Å². The average Bonchev–Trinajstić information content (AvgIpc) is 2.61. The molecule has 6 heteroatoms. The van der Waals surface area contributed by atoms with E-state index in [0.717, 1.165) is 23.4 Å². The lowest BCUT2D eigenvalue weighted by Crippen LogP contribution is -2.40. The van der Waals surface area contributed by atoms with Crippen molar-refractivity contribution in [3.8, 4) is 11.3 Å². The minimum Gasteiger partial charge on any atom is -0.378 e. The quantitative estimate of drug-likeness (QED) is 0.934. The van der Waals surface area contributed by atoms with Crippen LogP contribution < -0.4 is 5.73 Å². The zero-order valence-electron chi connectivity index (χ0n) is 13.2. The van der Waals surface area contributed by atoms with Crippen LogP contribution in [0.15, 0.2) is 30.3 Å². The first-order chi connectivity index (χ1) is 11.2. The summed E-state index contributed by atoms with van der Waals surface area (Å²) in [5.41, 5.74) is 8.92. The van der Waals surface area contributed by atoms with E-state index in [1.165, 1.54) is 0 Å². The fourth-order valence-corrected chi connectivity index (χ4v) is 2.61. The number of nitrogen functional groups attached to an aromatic ring is 1. The second-order valence-corrected chi connectivity index (χ2v) is 5.44. The zero-order chi connectivity index (χ0) is 16.2. The summed E-state index contributed by atoms with van der Waals surface area (Å²) in [4.78, 5) is 22.9. The molecule has 0 spiro atoms. The molecule has 2 heterocycles. The van der Waals surface area contributed by atoms with Crippen molar-refractivity contribution >= 4 is 11.9 Å². The molecule has 1 aliphatic heterocycles. The number of aryl methyl sites for hydroxylation is 1. The summed E-state index contributed by atoms with van der Waals surface area (Å²) in [6, 6.07) is 9.39. The molecule has 0 unspecified atom stereocenters. The van der Waals surface area contributed by atoms with Crippen LogP contribution in [0.1, 0.15) is 23.0 Å². The average molecular weight is 312 g/mol. The standard InChI is InChI=1S/C17H20N4O2/c1-2-14-11-15(20-17(18)19-14)12-4-3-5-13(10-12)16(22)21-6-8-23-9-7-21/h3-5,10-11H,2,6-9H2,1H3,(H2,18,19,20). The molecule has 1 saturated heterocycles. The van der Waals surface area contributed by atoms with Gasteiger partial charge in [0.05, 0.1) is 18.9 Å². The zero-order valence-corrected chi connectivity index (χ0v) is 13.2. The Labute approximate surface area is 135 Å². The van der Waals surface area contributed by atoms with Gasteiger partial charge in [-0.05, 0) is 24.6 Å². The van der Waals surface area contributed by atoms with Gasteiger partial charge in [-0.1, -0.05) is 19.1 Å². The molecular weight excluding hydrogens is 292 g/mol. The summed E-state index contributed by atoms with van der Waals surface area (Å²) in [6.45, 7) is 4.46. The first-order valence-electron chi connectivity index (χ1n) is 7.78. The second kappa shape index (κ2) is 6.75. The van der Waals surface area contributed by atoms with Crippen LogP contribution in [-0.4, -0.2) is 47.1 Å². The Morgan fingerprint density at radius 2 is 2.04 bits per heavy atom. The Hall–Kier alpha value is -2.47. The van der Waals surface area contributed by atoms with Crippen LogP contribution in [0.2, 0.25) is 0 Å². The summed E-state index contributed by atoms with van der Waals surface area (Å²) in [5, 5.41) is 0. The highest BCUT2D eigenvalue weighted by molar-refractivity contribution is 5.95. The summed E-state index contributed by atoms with van der Waals surface area (Å²) in [7, 11) is 0. The number of nitrogens with zero attached hydrogens (tertiary/aromatic N) is 3. The van der Waals surface area contributed by atoms with Gasteiger partial charge in [-0.25, -0.2) is 9.97 Å². The number of hydrogen-bond donors (Lipinski definition) is 1. The molecule has 0 radical (unpaired) electrons. The van der Waals surface area contributed by atoms with Crippen LogP contribution in [0.5, 0.6) is 0 Å².